The average Bonchev–Trinajstić information content (AvgIpc) is 1.98. The zero-order valence-electron chi connectivity index (χ0n) is 5.46. The number of hydrogen-bond donors (Lipinski definition) is 0. The summed E-state index contributed by atoms with van der Waals surface area (Å²) in [6, 6.07) is 0. The Morgan fingerprint density at radius 2 is 1.33 bits per heavy atom. The van der Waals surface area contributed by atoms with Crippen molar-refractivity contribution in [3.8, 4) is 0 Å². The van der Waals surface area contributed by atoms with Gasteiger partial charge in [-0.25, -0.2) is 0 Å². The molecule has 0 radical (unpaired) electrons. The first kappa shape index (κ1) is 7.76. The lowest BCUT2D eigenvalue weighted by atomic mass is 10.2. The summed E-state index contributed by atoms with van der Waals surface area (Å²) < 4.78 is 2.90. The lowest BCUT2D eigenvalue weighted by Gasteiger charge is -1.93. The second-order valence-corrected chi connectivity index (χ2v) is 7.99. The van der Waals surface area contributed by atoms with Crippen molar-refractivity contribution in [2.45, 2.75) is 13.8 Å². The van der Waals surface area contributed by atoms with Gasteiger partial charge in [-0.1, -0.05) is 31.9 Å². The summed E-state index contributed by atoms with van der Waals surface area (Å²) in [5, 5.41) is 0. The van der Waals surface area contributed by atoms with E-state index in [1.165, 1.54) is 19.4 Å². The fraction of sp³-hybridized carbons (Fsp3) is 0.333. The SMILES string of the molecule is CC1=C(Br)[SiH2]C(Br)=C1C. The predicted octanol–water partition coefficient (Wildman–Crippen LogP) is 2.42. The van der Waals surface area contributed by atoms with E-state index >= 15 is 0 Å². The molecule has 3 heteroatoms. The highest BCUT2D eigenvalue weighted by atomic mass is 79.9. The molecule has 0 fully saturated rings. The second-order valence-electron chi connectivity index (χ2n) is 2.24. The third-order valence-corrected chi connectivity index (χ3v) is 6.24. The molecule has 0 N–H and O–H groups in total. The van der Waals surface area contributed by atoms with Crippen LogP contribution in [0.5, 0.6) is 0 Å². The molecule has 0 atom stereocenters. The summed E-state index contributed by atoms with van der Waals surface area (Å²) in [7, 11) is -0.110. The van der Waals surface area contributed by atoms with Crippen LogP contribution in [0.25, 0.3) is 0 Å². The van der Waals surface area contributed by atoms with Gasteiger partial charge in [0.1, 0.15) is 9.52 Å². The summed E-state index contributed by atoms with van der Waals surface area (Å²) in [5.41, 5.74) is 2.88. The third kappa shape index (κ3) is 1.38. The van der Waals surface area contributed by atoms with E-state index in [2.05, 4.69) is 45.7 Å². The molecular formula is C6H8Br2Si. The van der Waals surface area contributed by atoms with E-state index in [4.69, 9.17) is 0 Å². The Morgan fingerprint density at radius 3 is 1.44 bits per heavy atom. The van der Waals surface area contributed by atoms with Crippen molar-refractivity contribution < 1.29 is 0 Å². The Bertz CT molecular complexity index is 181. The van der Waals surface area contributed by atoms with E-state index in [9.17, 15) is 0 Å². The van der Waals surface area contributed by atoms with Crippen LogP contribution < -0.4 is 0 Å². The van der Waals surface area contributed by atoms with Gasteiger partial charge < -0.3 is 0 Å². The lowest BCUT2D eigenvalue weighted by molar-refractivity contribution is 1.38. The summed E-state index contributed by atoms with van der Waals surface area (Å²) in [6.07, 6.45) is 0. The smallest absolute Gasteiger partial charge is 0.0606 e. The first-order chi connectivity index (χ1) is 4.13. The van der Waals surface area contributed by atoms with Gasteiger partial charge in [0.15, 0.2) is 0 Å². The van der Waals surface area contributed by atoms with E-state index < -0.39 is 0 Å². The zero-order valence-corrected chi connectivity index (χ0v) is 10.0. The maximum absolute atomic E-state index is 3.55. The van der Waals surface area contributed by atoms with Gasteiger partial charge in [-0.15, -0.1) is 0 Å². The molecule has 0 nitrogen and oxygen atoms in total. The monoisotopic (exact) mass is 266 g/mol. The molecule has 50 valence electrons. The zero-order chi connectivity index (χ0) is 7.02. The van der Waals surface area contributed by atoms with Gasteiger partial charge in [-0.05, 0) is 33.2 Å². The standard InChI is InChI=1S/C6H8Br2Si/c1-3-4(2)6(8)9-5(3)7/h9H2,1-2H3. The van der Waals surface area contributed by atoms with Crippen LogP contribution in [0.4, 0.5) is 0 Å². The summed E-state index contributed by atoms with van der Waals surface area (Å²) in [6.45, 7) is 4.33. The van der Waals surface area contributed by atoms with Gasteiger partial charge in [0.2, 0.25) is 0 Å². The van der Waals surface area contributed by atoms with E-state index in [1.807, 2.05) is 0 Å². The summed E-state index contributed by atoms with van der Waals surface area (Å²) in [4.78, 5) is 0. The van der Waals surface area contributed by atoms with E-state index in [-0.39, 0.29) is 9.52 Å². The van der Waals surface area contributed by atoms with Gasteiger partial charge in [-0.3, -0.25) is 0 Å². The molecule has 0 amide bonds. The average molecular weight is 268 g/mol. The molecule has 0 aromatic heterocycles. The van der Waals surface area contributed by atoms with Gasteiger partial charge in [0, 0.05) is 0 Å². The molecule has 1 rings (SSSR count). The van der Waals surface area contributed by atoms with Crippen molar-refractivity contribution in [1.82, 2.24) is 0 Å². The maximum Gasteiger partial charge on any atom is 0.106 e. The van der Waals surface area contributed by atoms with Crippen LogP contribution in [-0.4, -0.2) is 9.52 Å². The summed E-state index contributed by atoms with van der Waals surface area (Å²) in [5.74, 6) is 0. The molecule has 0 saturated heterocycles. The van der Waals surface area contributed by atoms with Crippen molar-refractivity contribution in [1.29, 1.82) is 0 Å². The molecule has 0 aromatic carbocycles. The molecule has 1 aliphatic rings. The number of rotatable bonds is 0. The topological polar surface area (TPSA) is 0 Å². The van der Waals surface area contributed by atoms with Crippen molar-refractivity contribution in [2.75, 3.05) is 0 Å². The molecule has 0 bridgehead atoms. The largest absolute Gasteiger partial charge is 0.106 e. The van der Waals surface area contributed by atoms with Crippen LogP contribution in [0.2, 0.25) is 0 Å². The van der Waals surface area contributed by atoms with Crippen LogP contribution in [0, 0.1) is 0 Å². The minimum Gasteiger partial charge on any atom is -0.0606 e. The molecule has 1 aliphatic heterocycles. The Labute approximate surface area is 74.5 Å². The Kier molecular flexibility index (Phi) is 2.35. The fourth-order valence-electron chi connectivity index (χ4n) is 0.808. The Morgan fingerprint density at radius 1 is 1.00 bits per heavy atom. The lowest BCUT2D eigenvalue weighted by Crippen LogP contribution is -1.82. The number of hydrogen-bond acceptors (Lipinski definition) is 0. The quantitative estimate of drug-likeness (QED) is 0.592. The van der Waals surface area contributed by atoms with Gasteiger partial charge in [0.05, 0.1) is 0 Å². The van der Waals surface area contributed by atoms with E-state index in [1.54, 1.807) is 0 Å². The van der Waals surface area contributed by atoms with E-state index in [0.29, 0.717) is 0 Å². The molecule has 9 heavy (non-hydrogen) atoms. The van der Waals surface area contributed by atoms with Crippen molar-refractivity contribution >= 4 is 41.4 Å². The molecule has 0 spiro atoms. The van der Waals surface area contributed by atoms with Crippen molar-refractivity contribution in [3.63, 3.8) is 0 Å². The normalized spacial score (nSPS) is 20.0. The molecular weight excluding hydrogens is 260 g/mol. The highest BCUT2D eigenvalue weighted by molar-refractivity contribution is 9.13. The van der Waals surface area contributed by atoms with Crippen LogP contribution in [0.15, 0.2) is 19.4 Å². The fourth-order valence-corrected chi connectivity index (χ4v) is 5.55. The van der Waals surface area contributed by atoms with Crippen LogP contribution in [0.3, 0.4) is 0 Å². The van der Waals surface area contributed by atoms with Crippen LogP contribution in [-0.2, 0) is 0 Å². The number of allylic oxidation sites excluding steroid dienone is 2. The Hall–Kier alpha value is 0.657. The molecule has 0 unspecified atom stereocenters. The minimum atomic E-state index is -0.110. The third-order valence-electron chi connectivity index (χ3n) is 1.69. The maximum atomic E-state index is 3.55. The van der Waals surface area contributed by atoms with Gasteiger partial charge in [0.25, 0.3) is 0 Å². The predicted molar refractivity (Wildman–Crippen MR) is 51.8 cm³/mol. The highest BCUT2D eigenvalue weighted by Crippen LogP contribution is 2.31. The van der Waals surface area contributed by atoms with Crippen LogP contribution >= 0.6 is 31.9 Å². The summed E-state index contributed by atoms with van der Waals surface area (Å²) >= 11 is 7.11. The van der Waals surface area contributed by atoms with Crippen molar-refractivity contribution in [3.05, 3.63) is 19.4 Å². The molecule has 1 heterocycles. The molecule has 0 aromatic rings. The van der Waals surface area contributed by atoms with Gasteiger partial charge >= 0.3 is 0 Å². The number of halogens is 2. The first-order valence-corrected chi connectivity index (χ1v) is 5.84. The van der Waals surface area contributed by atoms with Crippen LogP contribution in [0.1, 0.15) is 13.8 Å². The minimum absolute atomic E-state index is 0.110. The molecule has 0 aliphatic carbocycles. The molecule has 0 saturated carbocycles. The highest BCUT2D eigenvalue weighted by Gasteiger charge is 2.14. The van der Waals surface area contributed by atoms with Crippen molar-refractivity contribution in [2.24, 2.45) is 0 Å². The first-order valence-electron chi connectivity index (χ1n) is 2.84. The van der Waals surface area contributed by atoms with Gasteiger partial charge in [-0.2, -0.15) is 0 Å². The second kappa shape index (κ2) is 2.72. The van der Waals surface area contributed by atoms with E-state index in [0.717, 1.165) is 0 Å². The Balaban J connectivity index is 2.97.